The van der Waals surface area contributed by atoms with E-state index in [9.17, 15) is 9.59 Å². The molecule has 1 aromatic heterocycles. The Labute approximate surface area is 112 Å². The highest BCUT2D eigenvalue weighted by atomic mass is 16.3. The van der Waals surface area contributed by atoms with Gasteiger partial charge in [0.05, 0.1) is 12.9 Å². The van der Waals surface area contributed by atoms with Crippen LogP contribution in [0.1, 0.15) is 31.3 Å². The zero-order valence-electron chi connectivity index (χ0n) is 11.4. The minimum atomic E-state index is -0.674. The fourth-order valence-electron chi connectivity index (χ4n) is 1.72. The second-order valence-electron chi connectivity index (χ2n) is 4.52. The van der Waals surface area contributed by atoms with Crippen molar-refractivity contribution in [2.75, 3.05) is 13.2 Å². The highest BCUT2D eigenvalue weighted by Crippen LogP contribution is 2.04. The van der Waals surface area contributed by atoms with Crippen molar-refractivity contribution in [3.8, 4) is 0 Å². The molecule has 0 aliphatic rings. The van der Waals surface area contributed by atoms with E-state index in [-0.39, 0.29) is 30.9 Å². The molecule has 0 radical (unpaired) electrons. The molecule has 0 aliphatic carbocycles. The van der Waals surface area contributed by atoms with E-state index < -0.39 is 11.9 Å². The van der Waals surface area contributed by atoms with Crippen LogP contribution in [-0.4, -0.2) is 47.1 Å². The fourth-order valence-corrected chi connectivity index (χ4v) is 1.72. The number of furan rings is 1. The molecule has 0 saturated heterocycles. The number of aliphatic hydroxyl groups is 1. The quantitative estimate of drug-likeness (QED) is 0.792. The van der Waals surface area contributed by atoms with Gasteiger partial charge in [-0.15, -0.1) is 0 Å². The third-order valence-corrected chi connectivity index (χ3v) is 2.71. The number of amides is 2. The van der Waals surface area contributed by atoms with Gasteiger partial charge in [-0.3, -0.25) is 9.59 Å². The highest BCUT2D eigenvalue weighted by Gasteiger charge is 2.24. The molecule has 19 heavy (non-hydrogen) atoms. The molecule has 0 bridgehead atoms. The zero-order chi connectivity index (χ0) is 14.4. The van der Waals surface area contributed by atoms with Crippen molar-refractivity contribution in [2.24, 2.45) is 0 Å². The van der Waals surface area contributed by atoms with Gasteiger partial charge < -0.3 is 19.7 Å². The molecule has 0 fully saturated rings. The van der Waals surface area contributed by atoms with Crippen LogP contribution in [0.2, 0.25) is 0 Å². The summed E-state index contributed by atoms with van der Waals surface area (Å²) < 4.78 is 4.95. The van der Waals surface area contributed by atoms with Crippen molar-refractivity contribution < 1.29 is 19.1 Å². The van der Waals surface area contributed by atoms with Crippen LogP contribution >= 0.6 is 0 Å². The van der Waals surface area contributed by atoms with Crippen molar-refractivity contribution in [1.82, 2.24) is 10.2 Å². The van der Waals surface area contributed by atoms with Gasteiger partial charge >= 0.3 is 0 Å². The Morgan fingerprint density at radius 2 is 2.11 bits per heavy atom. The lowest BCUT2D eigenvalue weighted by Gasteiger charge is -2.28. The second kappa shape index (κ2) is 6.94. The lowest BCUT2D eigenvalue weighted by atomic mass is 10.2. The molecule has 106 valence electrons. The molecule has 6 nitrogen and oxygen atoms in total. The SMILES string of the molecule is CC(NC(=O)c1ccco1)C(=O)N(CCO)C(C)C. The Morgan fingerprint density at radius 3 is 2.58 bits per heavy atom. The van der Waals surface area contributed by atoms with E-state index in [1.807, 2.05) is 13.8 Å². The van der Waals surface area contributed by atoms with E-state index in [2.05, 4.69) is 5.32 Å². The van der Waals surface area contributed by atoms with E-state index in [1.54, 1.807) is 13.0 Å². The molecule has 1 unspecified atom stereocenters. The van der Waals surface area contributed by atoms with Crippen molar-refractivity contribution >= 4 is 11.8 Å². The molecule has 0 aliphatic heterocycles. The lowest BCUT2D eigenvalue weighted by molar-refractivity contribution is -0.135. The van der Waals surface area contributed by atoms with Gasteiger partial charge in [-0.25, -0.2) is 0 Å². The Hall–Kier alpha value is -1.82. The van der Waals surface area contributed by atoms with Gasteiger partial charge in [0.25, 0.3) is 5.91 Å². The summed E-state index contributed by atoms with van der Waals surface area (Å²) >= 11 is 0. The number of carbonyl (C=O) groups excluding carboxylic acids is 2. The van der Waals surface area contributed by atoms with Gasteiger partial charge in [0.2, 0.25) is 5.91 Å². The van der Waals surface area contributed by atoms with Crippen LogP contribution in [0, 0.1) is 0 Å². The molecular weight excluding hydrogens is 248 g/mol. The summed E-state index contributed by atoms with van der Waals surface area (Å²) in [7, 11) is 0. The third kappa shape index (κ3) is 4.10. The van der Waals surface area contributed by atoms with Gasteiger partial charge in [-0.2, -0.15) is 0 Å². The zero-order valence-corrected chi connectivity index (χ0v) is 11.4. The van der Waals surface area contributed by atoms with E-state index in [0.29, 0.717) is 0 Å². The molecule has 1 heterocycles. The fraction of sp³-hybridized carbons (Fsp3) is 0.538. The van der Waals surface area contributed by atoms with Gasteiger partial charge in [0, 0.05) is 12.6 Å². The Balaban J connectivity index is 2.63. The molecule has 6 heteroatoms. The number of hydrogen-bond donors (Lipinski definition) is 2. The maximum absolute atomic E-state index is 12.1. The number of hydrogen-bond acceptors (Lipinski definition) is 4. The first-order chi connectivity index (χ1) is 8.97. The molecule has 0 saturated carbocycles. The lowest BCUT2D eigenvalue weighted by Crippen LogP contribution is -2.50. The van der Waals surface area contributed by atoms with Crippen LogP contribution in [-0.2, 0) is 4.79 Å². The van der Waals surface area contributed by atoms with E-state index in [1.165, 1.54) is 17.2 Å². The van der Waals surface area contributed by atoms with Crippen molar-refractivity contribution in [1.29, 1.82) is 0 Å². The molecule has 1 aromatic rings. The normalized spacial score (nSPS) is 12.3. The van der Waals surface area contributed by atoms with E-state index in [0.717, 1.165) is 0 Å². The second-order valence-corrected chi connectivity index (χ2v) is 4.52. The Bertz CT molecular complexity index is 414. The maximum Gasteiger partial charge on any atom is 0.287 e. The number of carbonyl (C=O) groups is 2. The van der Waals surface area contributed by atoms with Gasteiger partial charge in [0.15, 0.2) is 5.76 Å². The first-order valence-corrected chi connectivity index (χ1v) is 6.23. The van der Waals surface area contributed by atoms with Crippen molar-refractivity contribution in [3.63, 3.8) is 0 Å². The first-order valence-electron chi connectivity index (χ1n) is 6.23. The minimum Gasteiger partial charge on any atom is -0.459 e. The summed E-state index contributed by atoms with van der Waals surface area (Å²) in [6, 6.07) is 2.42. The van der Waals surface area contributed by atoms with Crippen LogP contribution in [0.5, 0.6) is 0 Å². The van der Waals surface area contributed by atoms with Crippen LogP contribution in [0.15, 0.2) is 22.8 Å². The number of aliphatic hydroxyl groups excluding tert-OH is 1. The smallest absolute Gasteiger partial charge is 0.287 e. The molecule has 1 rings (SSSR count). The van der Waals surface area contributed by atoms with E-state index >= 15 is 0 Å². The number of nitrogens with one attached hydrogen (secondary N) is 1. The summed E-state index contributed by atoms with van der Waals surface area (Å²) in [6.07, 6.45) is 1.40. The van der Waals surface area contributed by atoms with Crippen LogP contribution in [0.25, 0.3) is 0 Å². The predicted octanol–water partition coefficient (Wildman–Crippen LogP) is 0.627. The Morgan fingerprint density at radius 1 is 1.42 bits per heavy atom. The summed E-state index contributed by atoms with van der Waals surface area (Å²) in [4.78, 5) is 25.4. The van der Waals surface area contributed by atoms with Gasteiger partial charge in [-0.05, 0) is 32.9 Å². The minimum absolute atomic E-state index is 0.0392. The van der Waals surface area contributed by atoms with Gasteiger partial charge in [0.1, 0.15) is 6.04 Å². The average molecular weight is 268 g/mol. The topological polar surface area (TPSA) is 82.8 Å². The molecule has 0 spiro atoms. The molecule has 1 atom stereocenters. The maximum atomic E-state index is 12.1. The number of rotatable bonds is 6. The van der Waals surface area contributed by atoms with Crippen LogP contribution in [0.3, 0.4) is 0 Å². The molecule has 2 N–H and O–H groups in total. The summed E-state index contributed by atoms with van der Waals surface area (Å²) in [5, 5.41) is 11.5. The van der Waals surface area contributed by atoms with Crippen LogP contribution in [0.4, 0.5) is 0 Å². The standard InChI is InChI=1S/C13H20N2O4/c1-9(2)15(6-7-16)13(18)10(3)14-12(17)11-5-4-8-19-11/h4-5,8-10,16H,6-7H2,1-3H3,(H,14,17). The summed E-state index contributed by atoms with van der Waals surface area (Å²) in [5.41, 5.74) is 0. The first kappa shape index (κ1) is 15.2. The largest absolute Gasteiger partial charge is 0.459 e. The van der Waals surface area contributed by atoms with Crippen molar-refractivity contribution in [2.45, 2.75) is 32.9 Å². The van der Waals surface area contributed by atoms with Gasteiger partial charge in [-0.1, -0.05) is 0 Å². The van der Waals surface area contributed by atoms with E-state index in [4.69, 9.17) is 9.52 Å². The predicted molar refractivity (Wildman–Crippen MR) is 69.6 cm³/mol. The summed E-state index contributed by atoms with van der Waals surface area (Å²) in [6.45, 7) is 5.46. The van der Waals surface area contributed by atoms with Crippen LogP contribution < -0.4 is 5.32 Å². The molecule has 2 amide bonds. The van der Waals surface area contributed by atoms with Crippen molar-refractivity contribution in [3.05, 3.63) is 24.2 Å². The highest BCUT2D eigenvalue weighted by molar-refractivity contribution is 5.95. The third-order valence-electron chi connectivity index (χ3n) is 2.71. The molecular formula is C13H20N2O4. The monoisotopic (exact) mass is 268 g/mol. The molecule has 0 aromatic carbocycles. The summed E-state index contributed by atoms with van der Waals surface area (Å²) in [5.74, 6) is -0.500. The average Bonchev–Trinajstić information content (AvgIpc) is 2.88. The Kier molecular flexibility index (Phi) is 5.57. The number of nitrogens with zero attached hydrogens (tertiary/aromatic N) is 1.